The van der Waals surface area contributed by atoms with Gasteiger partial charge in [0.1, 0.15) is 54.9 Å². The Balaban J connectivity index is 0.889. The third kappa shape index (κ3) is 31.3. The summed E-state index contributed by atoms with van der Waals surface area (Å²) in [7, 11) is 5.93. The number of amides is 16. The van der Waals surface area contributed by atoms with Gasteiger partial charge in [-0.3, -0.25) is 77.0 Å². The SMILES string of the molecule is CC[C@H](C)[C@@H]([C@@H](CC(=O)N1CCC[C@H]1[C@H](OC)[C@@H](C)C(=O)N[C@H]1Cc2ccccc2N([C@H]2CCOC2=O)C1=O)OC)N(C)C(=O)[C@@H](NC(=O)[C@H](C(C)C)N(C)C(=O)OCc1ccc(NC(=O)[C@H](CCCNC(N)=O)NC(=O)[C@@H](NC(=O)[C@H](CC(=O)N[C@H]2CCOC2=O)NC(=O)CCOCCOCCOCCOCCNC(=O)CCN2C(=O)C=CC2=O)C(C)C)cc1)C(C)C. The second-order valence-corrected chi connectivity index (χ2v) is 33.5. The number of primary amides is 1. The van der Waals surface area contributed by atoms with Gasteiger partial charge in [0, 0.05) is 110 Å². The fourth-order valence-electron chi connectivity index (χ4n) is 16.0. The number of likely N-dealkylation sites (N-methyl/N-ethyl adjacent to an activating group) is 2. The number of methoxy groups -OCH3 is 2. The van der Waals surface area contributed by atoms with Crippen LogP contribution in [0.4, 0.5) is 21.0 Å². The van der Waals surface area contributed by atoms with Crippen LogP contribution in [0.5, 0.6) is 0 Å². The van der Waals surface area contributed by atoms with Crippen molar-refractivity contribution >= 4 is 112 Å². The maximum Gasteiger partial charge on any atom is 0.410 e. The predicted octanol–water partition coefficient (Wildman–Crippen LogP) is 0.937. The molecule has 7 rings (SSSR count). The number of urea groups is 1. The first-order valence-corrected chi connectivity index (χ1v) is 44.1. The standard InChI is InChI=1S/C88H131N15O26/c1-14-54(8)76(66(121-12)49-72(109)101-35-18-22-64(101)77(122-13)55(9)78(110)96-62-47-57-19-15-16-21-63(57)103(83(62)115)65-31-39-128-86(65)118)99(10)84(116)74(52(4)5)98-82(114)75(53(6)7)100(11)88(120)129-50-56-23-25-58(26-24-56)92-79(111)59(20-17-33-91-87(89)119)95-81(113)73(51(2)3)97-80(112)61(48-69(106)93-60-30-38-127-85(60)117)94-68(105)32-37-123-41-43-125-45-46-126-44-42-124-40-34-90-67(104)29-36-102-70(107)27-28-71(102)108/h15-16,19,21,23-28,51-55,59-62,64-66,73-77H,14,17-18,20,22,29-50H2,1-13H3,(H,90,104)(H,92,111)(H,93,106)(H,94,105)(H,95,113)(H,96,110)(H,97,112)(H,98,114)(H3,89,91,119)/t54-,55+,59-,60-,61-,62-,64-,65-,66+,73-,74-,75-,76-,77+/m0/s1. The molecule has 714 valence electrons. The minimum absolute atomic E-state index is 0.00357. The highest BCUT2D eigenvalue weighted by Gasteiger charge is 2.48. The average Bonchev–Trinajstić information content (AvgIpc) is 1.75. The topological polar surface area (TPSA) is 524 Å². The van der Waals surface area contributed by atoms with Gasteiger partial charge in [-0.05, 0) is 78.7 Å². The van der Waals surface area contributed by atoms with Crippen LogP contribution in [0.15, 0.2) is 60.7 Å². The molecule has 41 heteroatoms. The number of carbonyl (C=O) groups is 17. The fraction of sp³-hybridized carbons (Fsp3) is 0.648. The zero-order valence-corrected chi connectivity index (χ0v) is 76.1. The normalized spacial score (nSPS) is 18.9. The van der Waals surface area contributed by atoms with Crippen molar-refractivity contribution in [3.63, 3.8) is 0 Å². The highest BCUT2D eigenvalue weighted by Crippen LogP contribution is 2.35. The summed E-state index contributed by atoms with van der Waals surface area (Å²) in [5.41, 5.74) is 7.36. The summed E-state index contributed by atoms with van der Waals surface area (Å²) in [4.78, 5) is 235. The van der Waals surface area contributed by atoms with Gasteiger partial charge in [-0.25, -0.2) is 19.2 Å². The highest BCUT2D eigenvalue weighted by molar-refractivity contribution is 6.13. The summed E-state index contributed by atoms with van der Waals surface area (Å²) in [6, 6.07) is 1.85. The fourth-order valence-corrected chi connectivity index (χ4v) is 16.0. The molecule has 3 saturated heterocycles. The number of nitrogens with two attached hydrogens (primary N) is 1. The Morgan fingerprint density at radius 3 is 1.81 bits per heavy atom. The van der Waals surface area contributed by atoms with E-state index in [0.717, 1.165) is 27.5 Å². The lowest BCUT2D eigenvalue weighted by Crippen LogP contribution is -2.60. The van der Waals surface area contributed by atoms with Crippen LogP contribution in [-0.4, -0.2) is 314 Å². The monoisotopic (exact) mass is 1810 g/mol. The number of imide groups is 1. The molecule has 0 spiro atoms. The number of ether oxygens (including phenoxy) is 9. The van der Waals surface area contributed by atoms with Crippen molar-refractivity contribution in [2.75, 3.05) is 131 Å². The molecule has 3 fully saturated rings. The predicted molar refractivity (Wildman–Crippen MR) is 464 cm³/mol. The van der Waals surface area contributed by atoms with Gasteiger partial charge >= 0.3 is 24.1 Å². The van der Waals surface area contributed by atoms with Gasteiger partial charge in [0.15, 0.2) is 0 Å². The van der Waals surface area contributed by atoms with Crippen LogP contribution in [0.1, 0.15) is 144 Å². The molecule has 5 aliphatic heterocycles. The Labute approximate surface area is 751 Å². The average molecular weight is 1820 g/mol. The molecule has 41 nitrogen and oxygen atoms in total. The van der Waals surface area contributed by atoms with Crippen molar-refractivity contribution in [3.05, 3.63) is 71.8 Å². The Bertz CT molecular complexity index is 4210. The highest BCUT2D eigenvalue weighted by atomic mass is 16.6. The number of hydrogen-bond donors (Lipinski definition) is 10. The van der Waals surface area contributed by atoms with Gasteiger partial charge in [0.05, 0.1) is 109 Å². The number of nitrogens with zero attached hydrogens (tertiary/aromatic N) is 5. The zero-order chi connectivity index (χ0) is 94.7. The first kappa shape index (κ1) is 105. The number of likely N-dealkylation sites (tertiary alicyclic amines) is 1. The van der Waals surface area contributed by atoms with Crippen LogP contribution in [-0.2, 0) is 128 Å². The zero-order valence-electron chi connectivity index (χ0n) is 76.1. The second kappa shape index (κ2) is 52.4. The summed E-state index contributed by atoms with van der Waals surface area (Å²) in [6.07, 6.45) is 0.993. The smallest absolute Gasteiger partial charge is 0.410 e. The van der Waals surface area contributed by atoms with Gasteiger partial charge in [-0.2, -0.15) is 0 Å². The van der Waals surface area contributed by atoms with Crippen LogP contribution < -0.4 is 58.5 Å². The van der Waals surface area contributed by atoms with Crippen LogP contribution >= 0.6 is 0 Å². The number of hydrogen-bond acceptors (Lipinski definition) is 26. The molecule has 5 aliphatic rings. The van der Waals surface area contributed by atoms with Crippen molar-refractivity contribution in [3.8, 4) is 0 Å². The molecule has 0 unspecified atom stereocenters. The number of para-hydroxylation sites is 1. The van der Waals surface area contributed by atoms with E-state index in [1.54, 1.807) is 84.7 Å². The third-order valence-corrected chi connectivity index (χ3v) is 23.2. The molecule has 16 amide bonds. The van der Waals surface area contributed by atoms with E-state index in [1.165, 1.54) is 43.2 Å². The van der Waals surface area contributed by atoms with E-state index in [9.17, 15) is 76.7 Å². The largest absolute Gasteiger partial charge is 0.464 e. The molecule has 0 aliphatic carbocycles. The molecule has 0 aromatic heterocycles. The number of nitrogens with one attached hydrogen (secondary N) is 9. The molecule has 11 N–H and O–H groups in total. The van der Waals surface area contributed by atoms with Crippen LogP contribution in [0.25, 0.3) is 0 Å². The number of rotatable bonds is 54. The minimum Gasteiger partial charge on any atom is -0.464 e. The van der Waals surface area contributed by atoms with Gasteiger partial charge < -0.3 is 106 Å². The molecule has 2 aromatic carbocycles. The first-order valence-electron chi connectivity index (χ1n) is 44.1. The van der Waals surface area contributed by atoms with Crippen molar-refractivity contribution in [1.29, 1.82) is 0 Å². The maximum atomic E-state index is 15.0. The van der Waals surface area contributed by atoms with E-state index < -0.39 is 192 Å². The minimum atomic E-state index is -1.60. The van der Waals surface area contributed by atoms with E-state index in [0.29, 0.717) is 43.5 Å². The Kier molecular flexibility index (Phi) is 42.6. The summed E-state index contributed by atoms with van der Waals surface area (Å²) in [5.74, 6) is -11.6. The van der Waals surface area contributed by atoms with E-state index in [4.69, 9.17) is 48.4 Å². The second-order valence-electron chi connectivity index (χ2n) is 33.5. The molecule has 5 heterocycles. The molecular weight excluding hydrogens is 1680 g/mol. The van der Waals surface area contributed by atoms with Crippen molar-refractivity contribution < 1.29 is 124 Å². The third-order valence-electron chi connectivity index (χ3n) is 23.2. The lowest BCUT2D eigenvalue weighted by Gasteiger charge is -2.41. The first-order chi connectivity index (χ1) is 61.5. The van der Waals surface area contributed by atoms with Crippen molar-refractivity contribution in [1.82, 2.24) is 62.1 Å². The number of esters is 2. The number of fused-ring (bicyclic) bond motifs is 1. The Morgan fingerprint density at radius 2 is 1.22 bits per heavy atom. The van der Waals surface area contributed by atoms with Gasteiger partial charge in [0.2, 0.25) is 59.1 Å². The molecule has 0 saturated carbocycles. The van der Waals surface area contributed by atoms with Crippen LogP contribution in [0.2, 0.25) is 0 Å². The quantitative estimate of drug-likeness (QED) is 0.0191. The Morgan fingerprint density at radius 1 is 0.589 bits per heavy atom. The summed E-state index contributed by atoms with van der Waals surface area (Å²) >= 11 is 0. The van der Waals surface area contributed by atoms with E-state index in [2.05, 4.69) is 47.9 Å². The lowest BCUT2D eigenvalue weighted by atomic mass is 9.89. The van der Waals surface area contributed by atoms with Gasteiger partial charge in [-0.15, -0.1) is 0 Å². The number of anilines is 2. The molecular formula is C88H131N15O26. The number of carbonyl (C=O) groups excluding carboxylic acids is 17. The van der Waals surface area contributed by atoms with Crippen LogP contribution in [0, 0.1) is 29.6 Å². The molecule has 14 atom stereocenters. The molecule has 0 radical (unpaired) electrons. The maximum absolute atomic E-state index is 15.0. The number of benzene rings is 2. The molecule has 2 aromatic rings. The lowest BCUT2D eigenvalue weighted by molar-refractivity contribution is -0.148. The van der Waals surface area contributed by atoms with E-state index in [1.807, 2.05) is 26.0 Å². The number of cyclic esters (lactones) is 2. The summed E-state index contributed by atoms with van der Waals surface area (Å²) in [6.45, 7) is 17.4. The van der Waals surface area contributed by atoms with Gasteiger partial charge in [-0.1, -0.05) is 99.1 Å². The summed E-state index contributed by atoms with van der Waals surface area (Å²) < 4.78 is 50.1. The Hall–Kier alpha value is -11.3. The molecule has 0 bridgehead atoms. The van der Waals surface area contributed by atoms with Crippen LogP contribution in [0.3, 0.4) is 0 Å². The van der Waals surface area contributed by atoms with Gasteiger partial charge in [0.25, 0.3) is 17.7 Å². The van der Waals surface area contributed by atoms with Crippen molar-refractivity contribution in [2.24, 2.45) is 35.3 Å². The van der Waals surface area contributed by atoms with E-state index >= 15 is 4.79 Å². The van der Waals surface area contributed by atoms with E-state index in [-0.39, 0.29) is 161 Å². The summed E-state index contributed by atoms with van der Waals surface area (Å²) in [5, 5.41) is 24.0. The van der Waals surface area contributed by atoms with Crippen molar-refractivity contribution in [2.45, 2.75) is 219 Å². The molecule has 129 heavy (non-hydrogen) atoms.